The molecule has 4 N–H and O–H groups in total. The van der Waals surface area contributed by atoms with E-state index in [4.69, 9.17) is 15.6 Å². The molecule has 2 aromatic rings. The lowest BCUT2D eigenvalue weighted by Gasteiger charge is -2.35. The molecule has 28 heavy (non-hydrogen) atoms. The molecule has 1 saturated heterocycles. The maximum atomic E-state index is 11.7. The number of nitrogens with one attached hydrogen (secondary N) is 1. The quantitative estimate of drug-likeness (QED) is 0.601. The Labute approximate surface area is 164 Å². The number of esters is 1. The van der Waals surface area contributed by atoms with Crippen LogP contribution in [0.15, 0.2) is 30.6 Å². The van der Waals surface area contributed by atoms with Crippen molar-refractivity contribution >= 4 is 29.0 Å². The van der Waals surface area contributed by atoms with E-state index in [1.165, 1.54) is 6.33 Å². The van der Waals surface area contributed by atoms with Crippen molar-refractivity contribution in [3.8, 4) is 0 Å². The Balaban J connectivity index is 1.69. The summed E-state index contributed by atoms with van der Waals surface area (Å²) in [5, 5.41) is 12.2. The van der Waals surface area contributed by atoms with Gasteiger partial charge in [-0.3, -0.25) is 4.90 Å². The van der Waals surface area contributed by atoms with Crippen LogP contribution in [-0.4, -0.2) is 71.9 Å². The minimum atomic E-state index is -0.349. The molecule has 1 aliphatic rings. The molecule has 0 atom stereocenters. The van der Waals surface area contributed by atoms with Crippen LogP contribution in [0, 0.1) is 0 Å². The number of aliphatic hydroxyl groups is 1. The number of nitrogens with zero attached hydrogens (tertiary/aromatic N) is 4. The number of nitrogen functional groups attached to an aromatic ring is 1. The molecule has 0 unspecified atom stereocenters. The predicted molar refractivity (Wildman–Crippen MR) is 108 cm³/mol. The molecule has 0 saturated carbocycles. The number of carbonyl (C=O) groups is 1. The van der Waals surface area contributed by atoms with E-state index in [1.54, 1.807) is 31.2 Å². The van der Waals surface area contributed by atoms with Crippen molar-refractivity contribution in [2.45, 2.75) is 6.92 Å². The highest BCUT2D eigenvalue weighted by Crippen LogP contribution is 2.29. The summed E-state index contributed by atoms with van der Waals surface area (Å²) in [5.41, 5.74) is 8.05. The van der Waals surface area contributed by atoms with E-state index in [9.17, 15) is 4.79 Å². The molecule has 0 radical (unpaired) electrons. The Morgan fingerprint density at radius 1 is 1.21 bits per heavy atom. The van der Waals surface area contributed by atoms with Gasteiger partial charge in [0.1, 0.15) is 12.0 Å². The number of aliphatic hydroxyl groups excluding tert-OH is 1. The Kier molecular flexibility index (Phi) is 6.62. The van der Waals surface area contributed by atoms with Gasteiger partial charge in [0.05, 0.1) is 18.8 Å². The summed E-state index contributed by atoms with van der Waals surface area (Å²) in [4.78, 5) is 24.7. The van der Waals surface area contributed by atoms with Gasteiger partial charge < -0.3 is 25.8 Å². The summed E-state index contributed by atoms with van der Waals surface area (Å²) >= 11 is 0. The number of rotatable bonds is 7. The molecule has 1 aliphatic heterocycles. The highest BCUT2D eigenvalue weighted by atomic mass is 16.5. The summed E-state index contributed by atoms with van der Waals surface area (Å²) in [7, 11) is 0. The first-order valence-electron chi connectivity index (χ1n) is 9.35. The van der Waals surface area contributed by atoms with E-state index in [0.717, 1.165) is 31.9 Å². The molecule has 9 heteroatoms. The first-order chi connectivity index (χ1) is 13.6. The predicted octanol–water partition coefficient (Wildman–Crippen LogP) is 1.09. The molecule has 0 bridgehead atoms. The average Bonchev–Trinajstić information content (AvgIpc) is 2.71. The van der Waals surface area contributed by atoms with Gasteiger partial charge in [0.2, 0.25) is 0 Å². The summed E-state index contributed by atoms with van der Waals surface area (Å²) in [6.45, 7) is 6.23. The highest BCUT2D eigenvalue weighted by Gasteiger charge is 2.21. The van der Waals surface area contributed by atoms with Crippen LogP contribution in [0.25, 0.3) is 0 Å². The van der Waals surface area contributed by atoms with Gasteiger partial charge in [-0.2, -0.15) is 0 Å². The topological polar surface area (TPSA) is 117 Å². The number of piperazine rings is 1. The van der Waals surface area contributed by atoms with Gasteiger partial charge in [0.25, 0.3) is 0 Å². The van der Waals surface area contributed by atoms with E-state index in [-0.39, 0.29) is 12.6 Å². The van der Waals surface area contributed by atoms with Crippen molar-refractivity contribution in [2.24, 2.45) is 0 Å². The van der Waals surface area contributed by atoms with Crippen LogP contribution in [0.3, 0.4) is 0 Å². The molecule has 0 spiro atoms. The Hall–Kier alpha value is -2.91. The van der Waals surface area contributed by atoms with Crippen molar-refractivity contribution in [3.05, 3.63) is 36.2 Å². The highest BCUT2D eigenvalue weighted by molar-refractivity contribution is 5.90. The zero-order chi connectivity index (χ0) is 19.9. The third-order valence-corrected chi connectivity index (χ3v) is 4.61. The molecule has 3 rings (SSSR count). The second-order valence-corrected chi connectivity index (χ2v) is 6.43. The van der Waals surface area contributed by atoms with Crippen molar-refractivity contribution in [1.82, 2.24) is 14.9 Å². The maximum Gasteiger partial charge on any atom is 0.338 e. The number of benzene rings is 1. The number of hydrogen-bond acceptors (Lipinski definition) is 9. The summed E-state index contributed by atoms with van der Waals surface area (Å²) in [6.07, 6.45) is 1.49. The lowest BCUT2D eigenvalue weighted by Crippen LogP contribution is -2.47. The van der Waals surface area contributed by atoms with Crippen molar-refractivity contribution in [2.75, 3.05) is 61.9 Å². The van der Waals surface area contributed by atoms with Gasteiger partial charge in [-0.25, -0.2) is 14.8 Å². The van der Waals surface area contributed by atoms with Gasteiger partial charge in [0, 0.05) is 38.4 Å². The van der Waals surface area contributed by atoms with Gasteiger partial charge in [-0.15, -0.1) is 0 Å². The zero-order valence-electron chi connectivity index (χ0n) is 16.0. The second-order valence-electron chi connectivity index (χ2n) is 6.43. The van der Waals surface area contributed by atoms with Crippen LogP contribution in [0.2, 0.25) is 0 Å². The number of aromatic nitrogens is 2. The molecule has 9 nitrogen and oxygen atoms in total. The van der Waals surface area contributed by atoms with E-state index in [1.807, 2.05) is 0 Å². The Morgan fingerprint density at radius 3 is 2.57 bits per heavy atom. The summed E-state index contributed by atoms with van der Waals surface area (Å²) < 4.78 is 4.99. The molecular formula is C19H26N6O3. The number of anilines is 4. The fraction of sp³-hybridized carbons (Fsp3) is 0.421. The third kappa shape index (κ3) is 4.68. The van der Waals surface area contributed by atoms with Gasteiger partial charge in [0.15, 0.2) is 11.6 Å². The zero-order valence-corrected chi connectivity index (χ0v) is 16.0. The van der Waals surface area contributed by atoms with Crippen LogP contribution in [0.5, 0.6) is 0 Å². The van der Waals surface area contributed by atoms with E-state index in [0.29, 0.717) is 36.0 Å². The van der Waals surface area contributed by atoms with Gasteiger partial charge >= 0.3 is 5.97 Å². The molecule has 1 aromatic carbocycles. The number of ether oxygens (including phenoxy) is 1. The van der Waals surface area contributed by atoms with Crippen LogP contribution in [-0.2, 0) is 4.74 Å². The normalized spacial score (nSPS) is 14.7. The Morgan fingerprint density at radius 2 is 1.93 bits per heavy atom. The van der Waals surface area contributed by atoms with Crippen molar-refractivity contribution in [3.63, 3.8) is 0 Å². The van der Waals surface area contributed by atoms with Gasteiger partial charge in [-0.1, -0.05) is 0 Å². The lowest BCUT2D eigenvalue weighted by atomic mass is 10.2. The minimum absolute atomic E-state index is 0.165. The minimum Gasteiger partial charge on any atom is -0.462 e. The second kappa shape index (κ2) is 9.34. The molecular weight excluding hydrogens is 360 g/mol. The average molecular weight is 386 g/mol. The van der Waals surface area contributed by atoms with E-state index in [2.05, 4.69) is 25.1 Å². The monoisotopic (exact) mass is 386 g/mol. The smallest absolute Gasteiger partial charge is 0.338 e. The number of hydrogen-bond donors (Lipinski definition) is 3. The van der Waals surface area contributed by atoms with E-state index < -0.39 is 0 Å². The standard InChI is InChI=1S/C19H26N6O3/c1-2-28-19(27)14-3-5-15(6-4-14)23-17-16(20)18(22-13-21-17)25-9-7-24(8-10-25)11-12-26/h3-6,13,26H,2,7-12,20H2,1H3,(H,21,22,23). The SMILES string of the molecule is CCOC(=O)c1ccc(Nc2ncnc(N3CCN(CCO)CC3)c2N)cc1. The van der Waals surface area contributed by atoms with Crippen molar-refractivity contribution < 1.29 is 14.6 Å². The number of β-amino-alcohol motifs (C(OH)–C–C–N with tert-alkyl or cyclic N) is 1. The fourth-order valence-electron chi connectivity index (χ4n) is 3.10. The van der Waals surface area contributed by atoms with Gasteiger partial charge in [-0.05, 0) is 31.2 Å². The van der Waals surface area contributed by atoms with Crippen LogP contribution in [0.4, 0.5) is 23.0 Å². The third-order valence-electron chi connectivity index (χ3n) is 4.61. The molecule has 0 aliphatic carbocycles. The van der Waals surface area contributed by atoms with E-state index >= 15 is 0 Å². The largest absolute Gasteiger partial charge is 0.462 e. The molecule has 150 valence electrons. The lowest BCUT2D eigenvalue weighted by molar-refractivity contribution is 0.0526. The summed E-state index contributed by atoms with van der Waals surface area (Å²) in [6, 6.07) is 6.94. The molecule has 0 amide bonds. The Bertz CT molecular complexity index is 791. The van der Waals surface area contributed by atoms with Crippen LogP contribution >= 0.6 is 0 Å². The maximum absolute atomic E-state index is 11.7. The van der Waals surface area contributed by atoms with Crippen LogP contribution in [0.1, 0.15) is 17.3 Å². The first kappa shape index (κ1) is 19.8. The molecule has 1 fully saturated rings. The fourth-order valence-corrected chi connectivity index (χ4v) is 3.10. The van der Waals surface area contributed by atoms with Crippen LogP contribution < -0.4 is 16.0 Å². The number of nitrogens with two attached hydrogens (primary N) is 1. The number of carbonyl (C=O) groups excluding carboxylic acids is 1. The summed E-state index contributed by atoms with van der Waals surface area (Å²) in [5.74, 6) is 0.870. The molecule has 2 heterocycles. The van der Waals surface area contributed by atoms with Crippen molar-refractivity contribution in [1.29, 1.82) is 0 Å². The molecule has 1 aromatic heterocycles. The first-order valence-corrected chi connectivity index (χ1v) is 9.35.